The molecule has 0 aromatic heterocycles. The Morgan fingerprint density at radius 1 is 1.08 bits per heavy atom. The Morgan fingerprint density at radius 2 is 1.80 bits per heavy atom. The van der Waals surface area contributed by atoms with E-state index in [1.54, 1.807) is 11.8 Å². The van der Waals surface area contributed by atoms with Gasteiger partial charge < -0.3 is 9.80 Å². The third-order valence-electron chi connectivity index (χ3n) is 4.65. The van der Waals surface area contributed by atoms with E-state index in [2.05, 4.69) is 17.4 Å². The van der Waals surface area contributed by atoms with Crippen molar-refractivity contribution in [1.29, 1.82) is 0 Å². The standard InChI is InChI=1S/C18H25N3O2S.ClH/c22-17(8-7-15-5-2-1-3-6-15)20-9-4-10-21(12-11-20)18(23)16-13-24-14-19-16;/h1-3,5-6,16,19H,4,7-14H2;1H. The van der Waals surface area contributed by atoms with Crippen LogP contribution >= 0.6 is 24.2 Å². The summed E-state index contributed by atoms with van der Waals surface area (Å²) in [5.41, 5.74) is 1.20. The van der Waals surface area contributed by atoms with Crippen LogP contribution in [0.3, 0.4) is 0 Å². The van der Waals surface area contributed by atoms with Gasteiger partial charge in [0.1, 0.15) is 0 Å². The van der Waals surface area contributed by atoms with Crippen molar-refractivity contribution in [2.75, 3.05) is 37.8 Å². The summed E-state index contributed by atoms with van der Waals surface area (Å²) in [6, 6.07) is 10.1. The Labute approximate surface area is 159 Å². The SMILES string of the molecule is Cl.O=C(CCc1ccccc1)N1CCCN(C(=O)C2CSCN2)CC1. The van der Waals surface area contributed by atoms with E-state index in [1.165, 1.54) is 5.56 Å². The lowest BCUT2D eigenvalue weighted by Crippen LogP contribution is -2.46. The molecule has 0 radical (unpaired) electrons. The highest BCUT2D eigenvalue weighted by Gasteiger charge is 2.29. The van der Waals surface area contributed by atoms with Gasteiger partial charge in [-0.15, -0.1) is 24.2 Å². The number of nitrogens with one attached hydrogen (secondary N) is 1. The van der Waals surface area contributed by atoms with Gasteiger partial charge in [0.25, 0.3) is 0 Å². The zero-order valence-electron chi connectivity index (χ0n) is 14.4. The third-order valence-corrected chi connectivity index (χ3v) is 5.58. The van der Waals surface area contributed by atoms with Crippen molar-refractivity contribution < 1.29 is 9.59 Å². The minimum Gasteiger partial charge on any atom is -0.341 e. The lowest BCUT2D eigenvalue weighted by molar-refractivity contribution is -0.134. The molecule has 2 saturated heterocycles. The maximum Gasteiger partial charge on any atom is 0.240 e. The molecular weight excluding hydrogens is 358 g/mol. The first-order valence-corrected chi connectivity index (χ1v) is 9.81. The van der Waals surface area contributed by atoms with E-state index in [9.17, 15) is 9.59 Å². The zero-order valence-corrected chi connectivity index (χ0v) is 16.0. The smallest absolute Gasteiger partial charge is 0.240 e. The van der Waals surface area contributed by atoms with Gasteiger partial charge in [-0.2, -0.15) is 0 Å². The fourth-order valence-corrected chi connectivity index (χ4v) is 4.15. The molecule has 2 aliphatic heterocycles. The normalized spacial score (nSPS) is 20.7. The van der Waals surface area contributed by atoms with Gasteiger partial charge in [-0.1, -0.05) is 30.3 Å². The molecule has 7 heteroatoms. The van der Waals surface area contributed by atoms with Crippen molar-refractivity contribution in [1.82, 2.24) is 15.1 Å². The van der Waals surface area contributed by atoms with Crippen LogP contribution in [0.2, 0.25) is 0 Å². The Bertz CT molecular complexity index is 567. The zero-order chi connectivity index (χ0) is 16.8. The fraction of sp³-hybridized carbons (Fsp3) is 0.556. The molecule has 0 aliphatic carbocycles. The molecule has 2 amide bonds. The van der Waals surface area contributed by atoms with Crippen LogP contribution in [0, 0.1) is 0 Å². The molecular formula is C18H26ClN3O2S. The van der Waals surface area contributed by atoms with Crippen molar-refractivity contribution in [3.05, 3.63) is 35.9 Å². The molecule has 1 atom stereocenters. The molecule has 5 nitrogen and oxygen atoms in total. The Balaban J connectivity index is 0.00000225. The fourth-order valence-electron chi connectivity index (χ4n) is 3.22. The van der Waals surface area contributed by atoms with Gasteiger partial charge in [-0.3, -0.25) is 14.9 Å². The topological polar surface area (TPSA) is 52.7 Å². The molecule has 25 heavy (non-hydrogen) atoms. The molecule has 1 aromatic carbocycles. The minimum absolute atomic E-state index is 0. The number of thioether (sulfide) groups is 1. The molecule has 1 unspecified atom stereocenters. The quantitative estimate of drug-likeness (QED) is 0.860. The molecule has 1 aromatic rings. The number of halogens is 1. The highest BCUT2D eigenvalue weighted by molar-refractivity contribution is 7.99. The number of rotatable bonds is 4. The predicted molar refractivity (Wildman–Crippen MR) is 104 cm³/mol. The number of aryl methyl sites for hydroxylation is 1. The Kier molecular flexibility index (Phi) is 8.06. The number of amides is 2. The van der Waals surface area contributed by atoms with Crippen LogP contribution in [-0.4, -0.2) is 65.5 Å². The van der Waals surface area contributed by atoms with Crippen molar-refractivity contribution in [2.45, 2.75) is 25.3 Å². The molecule has 138 valence electrons. The van der Waals surface area contributed by atoms with Gasteiger partial charge in [0.2, 0.25) is 11.8 Å². The molecule has 0 bridgehead atoms. The summed E-state index contributed by atoms with van der Waals surface area (Å²) in [6.45, 7) is 2.81. The van der Waals surface area contributed by atoms with Gasteiger partial charge >= 0.3 is 0 Å². The average Bonchev–Trinajstić information content (AvgIpc) is 3.04. The summed E-state index contributed by atoms with van der Waals surface area (Å²) in [6.07, 6.45) is 2.18. The van der Waals surface area contributed by atoms with Gasteiger partial charge in [0.05, 0.1) is 6.04 Å². The van der Waals surface area contributed by atoms with E-state index in [0.29, 0.717) is 19.5 Å². The number of carbonyl (C=O) groups is 2. The molecule has 2 fully saturated rings. The van der Waals surface area contributed by atoms with Gasteiger partial charge in [-0.25, -0.2) is 0 Å². The molecule has 2 heterocycles. The summed E-state index contributed by atoms with van der Waals surface area (Å²) in [4.78, 5) is 28.8. The van der Waals surface area contributed by atoms with Crippen LogP contribution in [0.1, 0.15) is 18.4 Å². The van der Waals surface area contributed by atoms with E-state index in [0.717, 1.165) is 37.6 Å². The number of benzene rings is 1. The molecule has 2 aliphatic rings. The molecule has 1 N–H and O–H groups in total. The van der Waals surface area contributed by atoms with E-state index in [4.69, 9.17) is 0 Å². The van der Waals surface area contributed by atoms with Crippen molar-refractivity contribution in [3.8, 4) is 0 Å². The van der Waals surface area contributed by atoms with Crippen LogP contribution in [0.25, 0.3) is 0 Å². The summed E-state index contributed by atoms with van der Waals surface area (Å²) >= 11 is 1.77. The average molecular weight is 384 g/mol. The van der Waals surface area contributed by atoms with Crippen LogP contribution in [0.15, 0.2) is 30.3 Å². The lowest BCUT2D eigenvalue weighted by atomic mass is 10.1. The second kappa shape index (κ2) is 10.0. The highest BCUT2D eigenvalue weighted by Crippen LogP contribution is 2.14. The van der Waals surface area contributed by atoms with E-state index < -0.39 is 0 Å². The van der Waals surface area contributed by atoms with Gasteiger partial charge in [-0.05, 0) is 18.4 Å². The second-order valence-corrected chi connectivity index (χ2v) is 7.35. The van der Waals surface area contributed by atoms with Gasteiger partial charge in [0.15, 0.2) is 0 Å². The Morgan fingerprint density at radius 3 is 2.52 bits per heavy atom. The number of nitrogens with zero attached hydrogens (tertiary/aromatic N) is 2. The van der Waals surface area contributed by atoms with Crippen LogP contribution < -0.4 is 5.32 Å². The predicted octanol–water partition coefficient (Wildman–Crippen LogP) is 1.76. The second-order valence-electron chi connectivity index (χ2n) is 6.32. The maximum atomic E-state index is 12.5. The first-order valence-electron chi connectivity index (χ1n) is 8.65. The van der Waals surface area contributed by atoms with E-state index >= 15 is 0 Å². The van der Waals surface area contributed by atoms with E-state index in [-0.39, 0.29) is 30.3 Å². The van der Waals surface area contributed by atoms with Crippen molar-refractivity contribution in [2.24, 2.45) is 0 Å². The summed E-state index contributed by atoms with van der Waals surface area (Å²) in [7, 11) is 0. The minimum atomic E-state index is -0.0460. The van der Waals surface area contributed by atoms with Gasteiger partial charge in [0, 0.05) is 44.2 Å². The molecule has 3 rings (SSSR count). The first kappa shape index (κ1) is 20.1. The molecule has 0 spiro atoms. The van der Waals surface area contributed by atoms with Crippen LogP contribution in [-0.2, 0) is 16.0 Å². The van der Waals surface area contributed by atoms with E-state index in [1.807, 2.05) is 28.0 Å². The number of hydrogen-bond donors (Lipinski definition) is 1. The van der Waals surface area contributed by atoms with Crippen LogP contribution in [0.5, 0.6) is 0 Å². The summed E-state index contributed by atoms with van der Waals surface area (Å²) in [5, 5.41) is 3.24. The first-order chi connectivity index (χ1) is 11.7. The third kappa shape index (κ3) is 5.62. The summed E-state index contributed by atoms with van der Waals surface area (Å²) < 4.78 is 0. The molecule has 0 saturated carbocycles. The maximum absolute atomic E-state index is 12.5. The number of hydrogen-bond acceptors (Lipinski definition) is 4. The largest absolute Gasteiger partial charge is 0.341 e. The lowest BCUT2D eigenvalue weighted by Gasteiger charge is -2.24. The van der Waals surface area contributed by atoms with Crippen LogP contribution in [0.4, 0.5) is 0 Å². The van der Waals surface area contributed by atoms with Crippen molar-refractivity contribution >= 4 is 36.0 Å². The summed E-state index contributed by atoms with van der Waals surface area (Å²) in [5.74, 6) is 2.10. The highest BCUT2D eigenvalue weighted by atomic mass is 35.5. The van der Waals surface area contributed by atoms with Crippen molar-refractivity contribution in [3.63, 3.8) is 0 Å². The monoisotopic (exact) mass is 383 g/mol. The number of carbonyl (C=O) groups excluding carboxylic acids is 2. The Hall–Kier alpha value is -1.24.